The molecule has 0 fully saturated rings. The van der Waals surface area contributed by atoms with Crippen molar-refractivity contribution in [2.75, 3.05) is 4.90 Å². The van der Waals surface area contributed by atoms with Crippen molar-refractivity contribution >= 4 is 60.4 Å². The lowest BCUT2D eigenvalue weighted by Crippen LogP contribution is -2.09. The molecule has 0 N–H and O–H groups in total. The Bertz CT molecular complexity index is 3180. The summed E-state index contributed by atoms with van der Waals surface area (Å²) in [6.45, 7) is 4.12. The highest BCUT2D eigenvalue weighted by molar-refractivity contribution is 6.14. The molecule has 10 rings (SSSR count). The lowest BCUT2D eigenvalue weighted by molar-refractivity contribution is 0.670. The van der Waals surface area contributed by atoms with E-state index in [1.54, 1.807) is 0 Å². The van der Waals surface area contributed by atoms with E-state index in [1.165, 1.54) is 38.2 Å². The number of rotatable bonds is 9. The van der Waals surface area contributed by atoms with Crippen LogP contribution in [0.15, 0.2) is 236 Å². The van der Waals surface area contributed by atoms with Gasteiger partial charge < -0.3 is 9.32 Å². The zero-order valence-corrected chi connectivity index (χ0v) is 31.9. The number of anilines is 2. The van der Waals surface area contributed by atoms with Crippen molar-refractivity contribution < 1.29 is 4.42 Å². The molecule has 0 aliphatic carbocycles. The largest absolute Gasteiger partial charge is 0.455 e. The van der Waals surface area contributed by atoms with Crippen molar-refractivity contribution in [3.63, 3.8) is 0 Å². The third-order valence-corrected chi connectivity index (χ3v) is 11.1. The van der Waals surface area contributed by atoms with Crippen LogP contribution in [0.5, 0.6) is 0 Å². The summed E-state index contributed by atoms with van der Waals surface area (Å²) in [7, 11) is 0. The molecule has 1 heterocycles. The maximum atomic E-state index is 6.73. The molecule has 2 heteroatoms. The first-order valence-corrected chi connectivity index (χ1v) is 19.7. The summed E-state index contributed by atoms with van der Waals surface area (Å²) in [6.07, 6.45) is 8.28. The summed E-state index contributed by atoms with van der Waals surface area (Å²) in [5.41, 5.74) is 12.9. The first-order valence-electron chi connectivity index (χ1n) is 19.7. The fourth-order valence-corrected chi connectivity index (χ4v) is 8.12. The zero-order chi connectivity index (χ0) is 38.8. The average Bonchev–Trinajstić information content (AvgIpc) is 3.66. The van der Waals surface area contributed by atoms with Crippen molar-refractivity contribution in [2.24, 2.45) is 0 Å². The molecule has 274 valence electrons. The second kappa shape index (κ2) is 15.1. The van der Waals surface area contributed by atoms with Gasteiger partial charge in [-0.05, 0) is 103 Å². The van der Waals surface area contributed by atoms with E-state index in [9.17, 15) is 0 Å². The van der Waals surface area contributed by atoms with E-state index in [1.807, 2.05) is 12.1 Å². The predicted octanol–water partition coefficient (Wildman–Crippen LogP) is 15.8. The van der Waals surface area contributed by atoms with Crippen molar-refractivity contribution in [1.29, 1.82) is 0 Å². The predicted molar refractivity (Wildman–Crippen MR) is 247 cm³/mol. The second-order valence-electron chi connectivity index (χ2n) is 14.6. The Morgan fingerprint density at radius 1 is 0.466 bits per heavy atom. The molecule has 0 bridgehead atoms. The fourth-order valence-electron chi connectivity index (χ4n) is 8.12. The van der Waals surface area contributed by atoms with Crippen LogP contribution in [0, 0.1) is 0 Å². The number of allylic oxidation sites excluding steroid dienone is 4. The van der Waals surface area contributed by atoms with Gasteiger partial charge in [0.05, 0.1) is 5.69 Å². The van der Waals surface area contributed by atoms with Crippen LogP contribution in [-0.2, 0) is 0 Å². The molecular formula is C56H39NO. The van der Waals surface area contributed by atoms with Crippen LogP contribution in [0.1, 0.15) is 5.56 Å². The molecule has 10 aromatic rings. The molecule has 58 heavy (non-hydrogen) atoms. The number of hydrogen-bond donors (Lipinski definition) is 0. The molecule has 0 radical (unpaired) electrons. The molecule has 0 aliphatic rings. The van der Waals surface area contributed by atoms with Gasteiger partial charge in [-0.15, -0.1) is 0 Å². The molecule has 0 saturated carbocycles. The lowest BCUT2D eigenvalue weighted by Gasteiger charge is -2.24. The number of para-hydroxylation sites is 2. The number of benzene rings is 9. The van der Waals surface area contributed by atoms with Crippen LogP contribution in [0.25, 0.3) is 82.4 Å². The first kappa shape index (κ1) is 34.8. The monoisotopic (exact) mass is 741 g/mol. The summed E-state index contributed by atoms with van der Waals surface area (Å²) in [5, 5.41) is 7.08. The Balaban J connectivity index is 1.07. The van der Waals surface area contributed by atoms with Gasteiger partial charge in [0.1, 0.15) is 11.2 Å². The van der Waals surface area contributed by atoms with Gasteiger partial charge in [-0.3, -0.25) is 0 Å². The molecule has 0 saturated heterocycles. The summed E-state index contributed by atoms with van der Waals surface area (Å²) < 4.78 is 6.73. The Labute approximate surface area is 338 Å². The highest BCUT2D eigenvalue weighted by atomic mass is 16.3. The molecule has 2 nitrogen and oxygen atoms in total. The SMILES string of the molecule is C=C/C(=C\C=C\N(c1ccc(-c2cccc(-c3ccc4ccccc4c3)c2)cc1)c1ccccc1-c1cccc2c1oc1cc3ccccc3cc12)c1ccccc1. The van der Waals surface area contributed by atoms with Crippen molar-refractivity contribution in [3.8, 4) is 33.4 Å². The quantitative estimate of drug-likeness (QED) is 0.137. The molecule has 0 aliphatic heterocycles. The Morgan fingerprint density at radius 3 is 1.88 bits per heavy atom. The molecule has 0 spiro atoms. The molecule has 0 atom stereocenters. The zero-order valence-electron chi connectivity index (χ0n) is 31.9. The van der Waals surface area contributed by atoms with Crippen molar-refractivity contribution in [1.82, 2.24) is 0 Å². The minimum absolute atomic E-state index is 0.878. The average molecular weight is 742 g/mol. The van der Waals surface area contributed by atoms with Gasteiger partial charge in [-0.25, -0.2) is 0 Å². The van der Waals surface area contributed by atoms with E-state index in [4.69, 9.17) is 4.42 Å². The maximum Gasteiger partial charge on any atom is 0.143 e. The summed E-state index contributed by atoms with van der Waals surface area (Å²) in [5.74, 6) is 0. The minimum Gasteiger partial charge on any atom is -0.455 e. The van der Waals surface area contributed by atoms with E-state index in [2.05, 4.69) is 224 Å². The fraction of sp³-hybridized carbons (Fsp3) is 0. The van der Waals surface area contributed by atoms with E-state index >= 15 is 0 Å². The van der Waals surface area contributed by atoms with Crippen molar-refractivity contribution in [3.05, 3.63) is 237 Å². The second-order valence-corrected chi connectivity index (χ2v) is 14.6. The molecular weight excluding hydrogens is 703 g/mol. The molecule has 0 amide bonds. The van der Waals surface area contributed by atoms with E-state index in [0.29, 0.717) is 0 Å². The Hall–Kier alpha value is -7.68. The van der Waals surface area contributed by atoms with Gasteiger partial charge in [-0.2, -0.15) is 0 Å². The van der Waals surface area contributed by atoms with Crippen LogP contribution >= 0.6 is 0 Å². The smallest absolute Gasteiger partial charge is 0.143 e. The van der Waals surface area contributed by atoms with Gasteiger partial charge in [0.25, 0.3) is 0 Å². The first-order chi connectivity index (χ1) is 28.7. The summed E-state index contributed by atoms with van der Waals surface area (Å²) >= 11 is 0. The van der Waals surface area contributed by atoms with Crippen LogP contribution in [0.4, 0.5) is 11.4 Å². The topological polar surface area (TPSA) is 16.4 Å². The third kappa shape index (κ3) is 6.57. The van der Waals surface area contributed by atoms with Crippen LogP contribution in [0.2, 0.25) is 0 Å². The molecule has 1 aromatic heterocycles. The van der Waals surface area contributed by atoms with Crippen LogP contribution in [-0.4, -0.2) is 0 Å². The lowest BCUT2D eigenvalue weighted by atomic mass is 9.97. The maximum absolute atomic E-state index is 6.73. The minimum atomic E-state index is 0.878. The normalized spacial score (nSPS) is 11.9. The number of furan rings is 1. The summed E-state index contributed by atoms with van der Waals surface area (Å²) in [4.78, 5) is 2.27. The molecule has 9 aromatic carbocycles. The van der Waals surface area contributed by atoms with E-state index in [0.717, 1.165) is 61.1 Å². The standard InChI is InChI=1S/C56H39NO/c1-2-39(40-15-4-3-5-16-40)23-14-34-57(49-32-30-42(31-33-49)44-21-12-22-45(35-44)48-29-28-41-17-6-7-18-43(41)36-48)54-27-11-10-24-50(54)51-25-13-26-52-53-37-46-19-8-9-20-47(46)38-55(53)58-56(51)52/h2-38H,1H2/b34-14+,39-23+. The summed E-state index contributed by atoms with van der Waals surface area (Å²) in [6, 6.07) is 71.2. The van der Waals surface area contributed by atoms with Gasteiger partial charge in [0, 0.05) is 33.8 Å². The van der Waals surface area contributed by atoms with E-state index < -0.39 is 0 Å². The van der Waals surface area contributed by atoms with Crippen LogP contribution in [0.3, 0.4) is 0 Å². The van der Waals surface area contributed by atoms with Gasteiger partial charge in [-0.1, -0.05) is 176 Å². The molecule has 0 unspecified atom stereocenters. The van der Waals surface area contributed by atoms with Gasteiger partial charge in [0.2, 0.25) is 0 Å². The van der Waals surface area contributed by atoms with Crippen LogP contribution < -0.4 is 4.90 Å². The highest BCUT2D eigenvalue weighted by Crippen LogP contribution is 2.42. The van der Waals surface area contributed by atoms with Crippen molar-refractivity contribution in [2.45, 2.75) is 0 Å². The van der Waals surface area contributed by atoms with Gasteiger partial charge in [0.15, 0.2) is 0 Å². The Kier molecular flexibility index (Phi) is 9.06. The Morgan fingerprint density at radius 2 is 1.09 bits per heavy atom. The van der Waals surface area contributed by atoms with Gasteiger partial charge >= 0.3 is 0 Å². The highest BCUT2D eigenvalue weighted by Gasteiger charge is 2.18. The number of hydrogen-bond acceptors (Lipinski definition) is 2. The number of nitrogens with zero attached hydrogens (tertiary/aromatic N) is 1. The van der Waals surface area contributed by atoms with E-state index in [-0.39, 0.29) is 0 Å². The third-order valence-electron chi connectivity index (χ3n) is 11.1. The number of fused-ring (bicyclic) bond motifs is 5.